The SMILES string of the molecule is CCCCCCCCCCCOC(=O)CCCCCN(CCCCCCCC(=O)OC(CCCCCCCC)CCCCCCCC)CCCc1c(N(C)C)c(=O)c1=O. The summed E-state index contributed by atoms with van der Waals surface area (Å²) in [4.78, 5) is 53.8. The number of esters is 2. The molecule has 0 spiro atoms. The highest BCUT2D eigenvalue weighted by molar-refractivity contribution is 5.69. The van der Waals surface area contributed by atoms with Gasteiger partial charge in [-0.1, -0.05) is 162 Å². The van der Waals surface area contributed by atoms with E-state index in [0.29, 0.717) is 37.1 Å². The summed E-state index contributed by atoms with van der Waals surface area (Å²) in [6.07, 6.45) is 39.2. The molecule has 1 aromatic rings. The van der Waals surface area contributed by atoms with Crippen LogP contribution in [-0.4, -0.2) is 63.3 Å². The number of rotatable bonds is 44. The fraction of sp³-hybridized carbons (Fsp3) is 0.882. The number of anilines is 1. The average molecular weight is 831 g/mol. The van der Waals surface area contributed by atoms with E-state index in [1.54, 1.807) is 4.90 Å². The van der Waals surface area contributed by atoms with Gasteiger partial charge in [0.15, 0.2) is 0 Å². The normalized spacial score (nSPS) is 11.6. The van der Waals surface area contributed by atoms with Gasteiger partial charge in [-0.05, 0) is 90.3 Å². The Hall–Kier alpha value is -2.22. The van der Waals surface area contributed by atoms with E-state index in [1.165, 1.54) is 109 Å². The summed E-state index contributed by atoms with van der Waals surface area (Å²) in [5.74, 6) is -0.0788. The van der Waals surface area contributed by atoms with Gasteiger partial charge >= 0.3 is 11.9 Å². The lowest BCUT2D eigenvalue weighted by Gasteiger charge is -2.23. The van der Waals surface area contributed by atoms with E-state index in [2.05, 4.69) is 25.7 Å². The molecule has 0 saturated heterocycles. The summed E-state index contributed by atoms with van der Waals surface area (Å²) in [5, 5.41) is 0. The third-order valence-corrected chi connectivity index (χ3v) is 12.1. The van der Waals surface area contributed by atoms with E-state index in [9.17, 15) is 19.2 Å². The Balaban J connectivity index is 2.40. The van der Waals surface area contributed by atoms with Crippen molar-refractivity contribution in [1.82, 2.24) is 4.90 Å². The first-order valence-corrected chi connectivity index (χ1v) is 25.3. The molecule has 0 amide bonds. The second kappa shape index (κ2) is 38.7. The van der Waals surface area contributed by atoms with Crippen LogP contribution in [0.2, 0.25) is 0 Å². The minimum Gasteiger partial charge on any atom is -0.466 e. The molecular weight excluding hydrogens is 737 g/mol. The molecule has 0 aliphatic heterocycles. The van der Waals surface area contributed by atoms with Crippen LogP contribution in [-0.2, 0) is 25.5 Å². The summed E-state index contributed by atoms with van der Waals surface area (Å²) in [7, 11) is 3.65. The van der Waals surface area contributed by atoms with Gasteiger partial charge in [-0.2, -0.15) is 0 Å². The van der Waals surface area contributed by atoms with E-state index >= 15 is 0 Å². The monoisotopic (exact) mass is 831 g/mol. The number of carbonyl (C=O) groups is 2. The summed E-state index contributed by atoms with van der Waals surface area (Å²) in [5.41, 5.74) is 0.569. The molecule has 0 N–H and O–H groups in total. The van der Waals surface area contributed by atoms with Crippen LogP contribution < -0.4 is 15.8 Å². The summed E-state index contributed by atoms with van der Waals surface area (Å²) < 4.78 is 11.6. The zero-order chi connectivity index (χ0) is 43.2. The first kappa shape index (κ1) is 54.8. The van der Waals surface area contributed by atoms with Crippen molar-refractivity contribution in [3.05, 3.63) is 26.0 Å². The lowest BCUT2D eigenvalue weighted by Crippen LogP contribution is -2.41. The second-order valence-corrected chi connectivity index (χ2v) is 17.9. The van der Waals surface area contributed by atoms with E-state index in [0.717, 1.165) is 116 Å². The zero-order valence-corrected chi connectivity index (χ0v) is 39.5. The maximum absolute atomic E-state index is 12.9. The Kier molecular flexibility index (Phi) is 35.9. The maximum Gasteiger partial charge on any atom is 0.306 e. The van der Waals surface area contributed by atoms with Gasteiger partial charge in [-0.25, -0.2) is 0 Å². The van der Waals surface area contributed by atoms with E-state index in [1.807, 2.05) is 14.1 Å². The van der Waals surface area contributed by atoms with Crippen molar-refractivity contribution >= 4 is 17.6 Å². The number of unbranched alkanes of at least 4 members (excludes halogenated alkanes) is 24. The predicted molar refractivity (Wildman–Crippen MR) is 251 cm³/mol. The summed E-state index contributed by atoms with van der Waals surface area (Å²) in [6.45, 7) is 10.2. The van der Waals surface area contributed by atoms with Crippen molar-refractivity contribution in [2.45, 2.75) is 252 Å². The van der Waals surface area contributed by atoms with Crippen LogP contribution in [0.1, 0.15) is 245 Å². The third kappa shape index (κ3) is 29.6. The number of hydrogen-bond acceptors (Lipinski definition) is 8. The van der Waals surface area contributed by atoms with Crippen LogP contribution in [0.5, 0.6) is 0 Å². The summed E-state index contributed by atoms with van der Waals surface area (Å²) in [6, 6.07) is 0. The van der Waals surface area contributed by atoms with Crippen LogP contribution in [0, 0.1) is 0 Å². The van der Waals surface area contributed by atoms with Crippen molar-refractivity contribution in [3.8, 4) is 0 Å². The molecule has 0 heterocycles. The number of nitrogens with zero attached hydrogens (tertiary/aromatic N) is 2. The van der Waals surface area contributed by atoms with Crippen molar-refractivity contribution in [3.63, 3.8) is 0 Å². The number of carbonyl (C=O) groups excluding carboxylic acids is 2. The smallest absolute Gasteiger partial charge is 0.306 e. The van der Waals surface area contributed by atoms with Crippen LogP contribution in [0.15, 0.2) is 9.59 Å². The quantitative estimate of drug-likeness (QED) is 0.0365. The Morgan fingerprint density at radius 1 is 0.475 bits per heavy atom. The standard InChI is InChI=1S/C51H94N2O6/c1-6-9-12-15-18-19-20-26-34-44-58-47(54)39-31-27-33-42-53(43-35-38-46-49(52(4)5)51(57)50(46)56)41-32-25-21-24-30-40-48(55)59-45(36-28-22-16-13-10-7-2)37-29-23-17-14-11-8-3/h45H,6-44H2,1-5H3. The lowest BCUT2D eigenvalue weighted by atomic mass is 10.0. The number of hydrogen-bond donors (Lipinski definition) is 0. The van der Waals surface area contributed by atoms with Crippen LogP contribution in [0.25, 0.3) is 0 Å². The Bertz CT molecular complexity index is 1190. The Morgan fingerprint density at radius 2 is 0.881 bits per heavy atom. The van der Waals surface area contributed by atoms with Crippen molar-refractivity contribution in [2.75, 3.05) is 45.2 Å². The van der Waals surface area contributed by atoms with Crippen LogP contribution in [0.3, 0.4) is 0 Å². The van der Waals surface area contributed by atoms with Crippen LogP contribution in [0.4, 0.5) is 5.69 Å². The highest BCUT2D eigenvalue weighted by Gasteiger charge is 2.22. The molecule has 59 heavy (non-hydrogen) atoms. The van der Waals surface area contributed by atoms with Gasteiger partial charge in [0.05, 0.1) is 12.3 Å². The highest BCUT2D eigenvalue weighted by atomic mass is 16.5. The Labute approximate surface area is 363 Å². The molecule has 0 aliphatic carbocycles. The summed E-state index contributed by atoms with van der Waals surface area (Å²) >= 11 is 0. The molecule has 0 aliphatic rings. The second-order valence-electron chi connectivity index (χ2n) is 17.9. The molecule has 0 bridgehead atoms. The molecule has 0 atom stereocenters. The van der Waals surface area contributed by atoms with Gasteiger partial charge in [0, 0.05) is 32.5 Å². The molecule has 0 unspecified atom stereocenters. The van der Waals surface area contributed by atoms with Gasteiger partial charge in [-0.15, -0.1) is 0 Å². The van der Waals surface area contributed by atoms with E-state index in [-0.39, 0.29) is 28.9 Å². The first-order chi connectivity index (χ1) is 28.7. The van der Waals surface area contributed by atoms with Gasteiger partial charge < -0.3 is 19.3 Å². The van der Waals surface area contributed by atoms with Crippen molar-refractivity contribution in [2.24, 2.45) is 0 Å². The minimum atomic E-state index is -0.358. The fourth-order valence-electron chi connectivity index (χ4n) is 8.35. The number of ether oxygens (including phenoxy) is 2. The average Bonchev–Trinajstić information content (AvgIpc) is 3.22. The van der Waals surface area contributed by atoms with E-state index < -0.39 is 0 Å². The van der Waals surface area contributed by atoms with Gasteiger partial charge in [0.1, 0.15) is 6.10 Å². The van der Waals surface area contributed by atoms with Gasteiger partial charge in [0.25, 0.3) is 0 Å². The fourth-order valence-corrected chi connectivity index (χ4v) is 8.35. The zero-order valence-electron chi connectivity index (χ0n) is 39.5. The van der Waals surface area contributed by atoms with Crippen LogP contribution >= 0.6 is 0 Å². The van der Waals surface area contributed by atoms with Gasteiger partial charge in [0.2, 0.25) is 10.9 Å². The molecule has 0 fully saturated rings. The third-order valence-electron chi connectivity index (χ3n) is 12.1. The molecule has 0 saturated carbocycles. The molecule has 0 aromatic heterocycles. The largest absolute Gasteiger partial charge is 0.466 e. The molecular formula is C51H94N2O6. The minimum absolute atomic E-state index is 0.00982. The van der Waals surface area contributed by atoms with Crippen molar-refractivity contribution < 1.29 is 19.1 Å². The molecule has 8 heteroatoms. The molecule has 0 radical (unpaired) electrons. The Morgan fingerprint density at radius 3 is 1.39 bits per heavy atom. The van der Waals surface area contributed by atoms with Crippen molar-refractivity contribution in [1.29, 1.82) is 0 Å². The molecule has 1 rings (SSSR count). The first-order valence-electron chi connectivity index (χ1n) is 25.3. The predicted octanol–water partition coefficient (Wildman–Crippen LogP) is 13.0. The topological polar surface area (TPSA) is 93.2 Å². The molecule has 1 aromatic carbocycles. The molecule has 8 nitrogen and oxygen atoms in total. The maximum atomic E-state index is 12.9. The highest BCUT2D eigenvalue weighted by Crippen LogP contribution is 2.19. The molecule has 344 valence electrons. The van der Waals surface area contributed by atoms with Gasteiger partial charge in [-0.3, -0.25) is 19.2 Å². The lowest BCUT2D eigenvalue weighted by molar-refractivity contribution is -0.150. The van der Waals surface area contributed by atoms with E-state index in [4.69, 9.17) is 9.47 Å².